The predicted molar refractivity (Wildman–Crippen MR) is 90.1 cm³/mol. The van der Waals surface area contributed by atoms with Crippen molar-refractivity contribution in [2.45, 2.75) is 32.4 Å². The topological polar surface area (TPSA) is 29.3 Å². The molecular weight excluding hydrogens is 256 g/mol. The van der Waals surface area contributed by atoms with E-state index < -0.39 is 0 Å². The molecule has 2 rings (SSSR count). The normalized spacial score (nSPS) is 12.5. The van der Waals surface area contributed by atoms with Crippen molar-refractivity contribution < 1.29 is 0 Å². The fourth-order valence-electron chi connectivity index (χ4n) is 2.74. The van der Waals surface area contributed by atoms with Crippen LogP contribution in [0.3, 0.4) is 0 Å². The standard InChI is InChI=1S/C19H26N2/c1-2-21(16-18-11-7-4-8-12-18)19(15-20)14-13-17-9-5-3-6-10-17/h3-12,19H,2,13-16,20H2,1H3. The number of likely N-dealkylation sites (N-methyl/N-ethyl adjacent to an activating group) is 1. The van der Waals surface area contributed by atoms with Gasteiger partial charge in [-0.05, 0) is 30.5 Å². The molecule has 0 saturated heterocycles. The molecule has 1 unspecified atom stereocenters. The summed E-state index contributed by atoms with van der Waals surface area (Å²) < 4.78 is 0. The van der Waals surface area contributed by atoms with Gasteiger partial charge in [-0.3, -0.25) is 4.90 Å². The summed E-state index contributed by atoms with van der Waals surface area (Å²) in [5.41, 5.74) is 8.78. The van der Waals surface area contributed by atoms with Gasteiger partial charge in [0.05, 0.1) is 0 Å². The van der Waals surface area contributed by atoms with E-state index >= 15 is 0 Å². The van der Waals surface area contributed by atoms with E-state index in [1.165, 1.54) is 11.1 Å². The Balaban J connectivity index is 1.94. The Labute approximate surface area is 128 Å². The number of benzene rings is 2. The summed E-state index contributed by atoms with van der Waals surface area (Å²) in [6.45, 7) is 4.95. The van der Waals surface area contributed by atoms with Gasteiger partial charge in [0.1, 0.15) is 0 Å². The lowest BCUT2D eigenvalue weighted by Crippen LogP contribution is -2.40. The minimum Gasteiger partial charge on any atom is -0.329 e. The highest BCUT2D eigenvalue weighted by molar-refractivity contribution is 5.16. The maximum Gasteiger partial charge on any atom is 0.0237 e. The van der Waals surface area contributed by atoms with Crippen LogP contribution in [-0.4, -0.2) is 24.0 Å². The molecule has 0 aromatic heterocycles. The smallest absolute Gasteiger partial charge is 0.0237 e. The molecule has 2 N–H and O–H groups in total. The van der Waals surface area contributed by atoms with Gasteiger partial charge in [-0.15, -0.1) is 0 Å². The van der Waals surface area contributed by atoms with Crippen LogP contribution in [0.25, 0.3) is 0 Å². The Morgan fingerprint density at radius 1 is 0.905 bits per heavy atom. The molecule has 21 heavy (non-hydrogen) atoms. The zero-order valence-corrected chi connectivity index (χ0v) is 12.9. The molecule has 2 aromatic carbocycles. The second kappa shape index (κ2) is 8.60. The molecule has 0 saturated carbocycles. The molecule has 0 amide bonds. The van der Waals surface area contributed by atoms with Crippen molar-refractivity contribution in [2.24, 2.45) is 5.73 Å². The Morgan fingerprint density at radius 2 is 1.48 bits per heavy atom. The van der Waals surface area contributed by atoms with E-state index in [0.717, 1.165) is 25.9 Å². The van der Waals surface area contributed by atoms with Crippen LogP contribution in [0.1, 0.15) is 24.5 Å². The molecule has 0 heterocycles. The average molecular weight is 282 g/mol. The summed E-state index contributed by atoms with van der Waals surface area (Å²) in [6, 6.07) is 21.8. The summed E-state index contributed by atoms with van der Waals surface area (Å²) in [7, 11) is 0. The maximum atomic E-state index is 6.03. The summed E-state index contributed by atoms with van der Waals surface area (Å²) in [6.07, 6.45) is 2.20. The van der Waals surface area contributed by atoms with Crippen LogP contribution in [0.15, 0.2) is 60.7 Å². The molecule has 0 aliphatic carbocycles. The molecular formula is C19H26N2. The maximum absolute atomic E-state index is 6.03. The Morgan fingerprint density at radius 3 is 2.00 bits per heavy atom. The summed E-state index contributed by atoms with van der Waals surface area (Å²) in [5, 5.41) is 0. The molecule has 0 aliphatic rings. The van der Waals surface area contributed by atoms with Crippen LogP contribution in [-0.2, 0) is 13.0 Å². The Kier molecular flexibility index (Phi) is 6.45. The third-order valence-electron chi connectivity index (χ3n) is 4.03. The summed E-state index contributed by atoms with van der Waals surface area (Å²) >= 11 is 0. The van der Waals surface area contributed by atoms with E-state index in [1.54, 1.807) is 0 Å². The first kappa shape index (κ1) is 15.7. The predicted octanol–water partition coefficient (Wildman–Crippen LogP) is 3.47. The van der Waals surface area contributed by atoms with Gasteiger partial charge in [0.15, 0.2) is 0 Å². The molecule has 2 aromatic rings. The van der Waals surface area contributed by atoms with Crippen molar-refractivity contribution in [3.8, 4) is 0 Å². The second-order valence-corrected chi connectivity index (χ2v) is 5.46. The van der Waals surface area contributed by atoms with Gasteiger partial charge >= 0.3 is 0 Å². The van der Waals surface area contributed by atoms with E-state index in [0.29, 0.717) is 12.6 Å². The van der Waals surface area contributed by atoms with Crippen LogP contribution < -0.4 is 5.73 Å². The monoisotopic (exact) mass is 282 g/mol. The number of hydrogen-bond acceptors (Lipinski definition) is 2. The minimum absolute atomic E-state index is 0.440. The van der Waals surface area contributed by atoms with Crippen molar-refractivity contribution in [2.75, 3.05) is 13.1 Å². The lowest BCUT2D eigenvalue weighted by molar-refractivity contribution is 0.192. The molecule has 0 bridgehead atoms. The second-order valence-electron chi connectivity index (χ2n) is 5.46. The number of nitrogens with two attached hydrogens (primary N) is 1. The number of hydrogen-bond donors (Lipinski definition) is 1. The van der Waals surface area contributed by atoms with Crippen molar-refractivity contribution in [1.82, 2.24) is 4.90 Å². The van der Waals surface area contributed by atoms with Crippen LogP contribution in [0.5, 0.6) is 0 Å². The van der Waals surface area contributed by atoms with Gasteiger partial charge in [-0.2, -0.15) is 0 Å². The number of nitrogens with zero attached hydrogens (tertiary/aromatic N) is 1. The fourth-order valence-corrected chi connectivity index (χ4v) is 2.74. The van der Waals surface area contributed by atoms with Crippen LogP contribution >= 0.6 is 0 Å². The first-order chi connectivity index (χ1) is 10.3. The summed E-state index contributed by atoms with van der Waals surface area (Å²) in [5.74, 6) is 0. The minimum atomic E-state index is 0.440. The zero-order valence-electron chi connectivity index (χ0n) is 12.9. The summed E-state index contributed by atoms with van der Waals surface area (Å²) in [4.78, 5) is 2.48. The van der Waals surface area contributed by atoms with Crippen LogP contribution in [0.2, 0.25) is 0 Å². The van der Waals surface area contributed by atoms with E-state index in [1.807, 2.05) is 0 Å². The third-order valence-corrected chi connectivity index (χ3v) is 4.03. The molecule has 2 nitrogen and oxygen atoms in total. The molecule has 0 fully saturated rings. The molecule has 0 radical (unpaired) electrons. The van der Waals surface area contributed by atoms with E-state index in [-0.39, 0.29) is 0 Å². The van der Waals surface area contributed by atoms with Crippen molar-refractivity contribution in [3.63, 3.8) is 0 Å². The first-order valence-electron chi connectivity index (χ1n) is 7.85. The third kappa shape index (κ3) is 5.00. The highest BCUT2D eigenvalue weighted by Gasteiger charge is 2.15. The van der Waals surface area contributed by atoms with Crippen LogP contribution in [0, 0.1) is 0 Å². The van der Waals surface area contributed by atoms with Gasteiger partial charge in [-0.25, -0.2) is 0 Å². The number of aryl methyl sites for hydroxylation is 1. The van der Waals surface area contributed by atoms with Gasteiger partial charge < -0.3 is 5.73 Å². The molecule has 0 aliphatic heterocycles. The van der Waals surface area contributed by atoms with Gasteiger partial charge in [0, 0.05) is 19.1 Å². The van der Waals surface area contributed by atoms with E-state index in [4.69, 9.17) is 5.73 Å². The zero-order chi connectivity index (χ0) is 14.9. The van der Waals surface area contributed by atoms with Gasteiger partial charge in [0.2, 0.25) is 0 Å². The Hall–Kier alpha value is -1.64. The first-order valence-corrected chi connectivity index (χ1v) is 7.85. The molecule has 0 spiro atoms. The fraction of sp³-hybridized carbons (Fsp3) is 0.368. The molecule has 2 heteroatoms. The molecule has 112 valence electrons. The Bertz CT molecular complexity index is 495. The van der Waals surface area contributed by atoms with Crippen LogP contribution in [0.4, 0.5) is 0 Å². The van der Waals surface area contributed by atoms with E-state index in [9.17, 15) is 0 Å². The van der Waals surface area contributed by atoms with Crippen molar-refractivity contribution in [1.29, 1.82) is 0 Å². The lowest BCUT2D eigenvalue weighted by Gasteiger charge is -2.30. The highest BCUT2D eigenvalue weighted by atomic mass is 15.2. The molecule has 1 atom stereocenters. The SMILES string of the molecule is CCN(Cc1ccccc1)C(CN)CCc1ccccc1. The lowest BCUT2D eigenvalue weighted by atomic mass is 10.0. The highest BCUT2D eigenvalue weighted by Crippen LogP contribution is 2.13. The number of rotatable bonds is 8. The average Bonchev–Trinajstić information content (AvgIpc) is 2.56. The van der Waals surface area contributed by atoms with Gasteiger partial charge in [0.25, 0.3) is 0 Å². The van der Waals surface area contributed by atoms with E-state index in [2.05, 4.69) is 72.5 Å². The largest absolute Gasteiger partial charge is 0.329 e. The van der Waals surface area contributed by atoms with Crippen molar-refractivity contribution >= 4 is 0 Å². The quantitative estimate of drug-likeness (QED) is 0.803. The van der Waals surface area contributed by atoms with Gasteiger partial charge in [-0.1, -0.05) is 67.6 Å². The van der Waals surface area contributed by atoms with Crippen molar-refractivity contribution in [3.05, 3.63) is 71.8 Å².